The maximum absolute atomic E-state index is 6.18. The molecule has 1 saturated heterocycles. The van der Waals surface area contributed by atoms with E-state index in [0.29, 0.717) is 12.2 Å². The van der Waals surface area contributed by atoms with Crippen molar-refractivity contribution in [2.45, 2.75) is 89.3 Å². The molecule has 98 valence electrons. The normalized spacial score (nSPS) is 32.9. The molecule has 2 bridgehead atoms. The van der Waals surface area contributed by atoms with Crippen LogP contribution in [0.4, 0.5) is 0 Å². The summed E-state index contributed by atoms with van der Waals surface area (Å²) < 4.78 is 6.18. The van der Waals surface area contributed by atoms with Crippen LogP contribution in [0.3, 0.4) is 0 Å². The molecule has 2 rings (SSSR count). The first kappa shape index (κ1) is 13.1. The number of fused-ring (bicyclic) bond motifs is 2. The van der Waals surface area contributed by atoms with Gasteiger partial charge in [0.2, 0.25) is 0 Å². The average Bonchev–Trinajstić information content (AvgIpc) is 2.36. The fraction of sp³-hybridized carbons (Fsp3) is 0.875. The van der Waals surface area contributed by atoms with Gasteiger partial charge in [-0.05, 0) is 44.9 Å². The topological polar surface area (TPSA) is 9.23 Å². The van der Waals surface area contributed by atoms with Gasteiger partial charge in [-0.1, -0.05) is 44.3 Å². The van der Waals surface area contributed by atoms with Gasteiger partial charge in [-0.3, -0.25) is 0 Å². The molecular weight excluding hydrogens is 208 g/mol. The molecule has 1 heteroatoms. The highest BCUT2D eigenvalue weighted by Gasteiger charge is 2.20. The van der Waals surface area contributed by atoms with Crippen molar-refractivity contribution in [3.63, 3.8) is 0 Å². The third-order valence-corrected chi connectivity index (χ3v) is 4.15. The number of hydrogen-bond donors (Lipinski definition) is 0. The van der Waals surface area contributed by atoms with Crippen LogP contribution in [0.5, 0.6) is 0 Å². The second kappa shape index (κ2) is 7.92. The Kier molecular flexibility index (Phi) is 6.12. The van der Waals surface area contributed by atoms with Crippen LogP contribution in [0.25, 0.3) is 0 Å². The molecule has 1 fully saturated rings. The Hall–Kier alpha value is -0.300. The van der Waals surface area contributed by atoms with Crippen molar-refractivity contribution in [3.05, 3.63) is 12.2 Å². The monoisotopic (exact) mass is 236 g/mol. The zero-order chi connectivity index (χ0) is 11.8. The zero-order valence-electron chi connectivity index (χ0n) is 11.2. The van der Waals surface area contributed by atoms with Gasteiger partial charge in [-0.15, -0.1) is 0 Å². The summed E-state index contributed by atoms with van der Waals surface area (Å²) >= 11 is 0. The van der Waals surface area contributed by atoms with Gasteiger partial charge in [-0.25, -0.2) is 0 Å². The second-order valence-electron chi connectivity index (χ2n) is 5.72. The summed E-state index contributed by atoms with van der Waals surface area (Å²) in [6, 6.07) is 0. The highest BCUT2D eigenvalue weighted by atomic mass is 16.5. The molecule has 0 aliphatic carbocycles. The molecule has 0 N–H and O–H groups in total. The molecule has 0 aromatic carbocycles. The van der Waals surface area contributed by atoms with Gasteiger partial charge in [0.1, 0.15) is 0 Å². The van der Waals surface area contributed by atoms with Crippen LogP contribution >= 0.6 is 0 Å². The number of rotatable bonds is 0. The van der Waals surface area contributed by atoms with Crippen molar-refractivity contribution in [3.8, 4) is 0 Å². The van der Waals surface area contributed by atoms with Crippen LogP contribution < -0.4 is 0 Å². The summed E-state index contributed by atoms with van der Waals surface area (Å²) in [5, 5.41) is 0. The molecule has 17 heavy (non-hydrogen) atoms. The van der Waals surface area contributed by atoms with Crippen molar-refractivity contribution < 1.29 is 4.74 Å². The van der Waals surface area contributed by atoms with E-state index in [1.807, 2.05) is 0 Å². The van der Waals surface area contributed by atoms with E-state index >= 15 is 0 Å². The maximum atomic E-state index is 6.18. The molecule has 2 unspecified atom stereocenters. The molecule has 0 saturated carbocycles. The van der Waals surface area contributed by atoms with E-state index in [1.165, 1.54) is 70.6 Å². The van der Waals surface area contributed by atoms with Gasteiger partial charge < -0.3 is 4.74 Å². The summed E-state index contributed by atoms with van der Waals surface area (Å²) in [6.07, 6.45) is 22.0. The number of allylic oxidation sites excluding steroid dienone is 1. The van der Waals surface area contributed by atoms with E-state index in [-0.39, 0.29) is 0 Å². The van der Waals surface area contributed by atoms with Gasteiger partial charge in [0, 0.05) is 0 Å². The molecular formula is C16H28O. The third kappa shape index (κ3) is 5.25. The second-order valence-corrected chi connectivity index (χ2v) is 5.72. The Labute approximate surface area is 107 Å². The SMILES string of the molecule is C1=CCC2CCCC(CCCCCCCC1)O2. The Morgan fingerprint density at radius 3 is 2.29 bits per heavy atom. The first-order valence-corrected chi connectivity index (χ1v) is 7.75. The first-order chi connectivity index (χ1) is 8.45. The van der Waals surface area contributed by atoms with Gasteiger partial charge in [0.15, 0.2) is 0 Å². The molecule has 0 aromatic rings. The van der Waals surface area contributed by atoms with Crippen LogP contribution in [0.1, 0.15) is 77.0 Å². The summed E-state index contributed by atoms with van der Waals surface area (Å²) in [6.45, 7) is 0. The Morgan fingerprint density at radius 1 is 0.647 bits per heavy atom. The number of ether oxygens (including phenoxy) is 1. The fourth-order valence-electron chi connectivity index (χ4n) is 3.07. The van der Waals surface area contributed by atoms with E-state index in [2.05, 4.69) is 12.2 Å². The third-order valence-electron chi connectivity index (χ3n) is 4.15. The lowest BCUT2D eigenvalue weighted by Gasteiger charge is -2.29. The molecule has 2 heterocycles. The molecule has 2 aliphatic heterocycles. The van der Waals surface area contributed by atoms with Gasteiger partial charge >= 0.3 is 0 Å². The summed E-state index contributed by atoms with van der Waals surface area (Å²) in [5.74, 6) is 0. The Morgan fingerprint density at radius 2 is 1.35 bits per heavy atom. The van der Waals surface area contributed by atoms with Gasteiger partial charge in [0.25, 0.3) is 0 Å². The van der Waals surface area contributed by atoms with Crippen LogP contribution in [0, 0.1) is 0 Å². The molecule has 2 atom stereocenters. The van der Waals surface area contributed by atoms with Crippen molar-refractivity contribution in [2.24, 2.45) is 0 Å². The Bertz CT molecular complexity index is 222. The minimum Gasteiger partial charge on any atom is -0.375 e. The lowest BCUT2D eigenvalue weighted by molar-refractivity contribution is -0.0518. The van der Waals surface area contributed by atoms with E-state index in [0.717, 1.165) is 6.42 Å². The molecule has 0 aromatic heterocycles. The van der Waals surface area contributed by atoms with Crippen molar-refractivity contribution in [1.29, 1.82) is 0 Å². The minimum atomic E-state index is 0.521. The number of hydrogen-bond acceptors (Lipinski definition) is 1. The van der Waals surface area contributed by atoms with Crippen molar-refractivity contribution >= 4 is 0 Å². The first-order valence-electron chi connectivity index (χ1n) is 7.75. The summed E-state index contributed by atoms with van der Waals surface area (Å²) in [4.78, 5) is 0. The standard InChI is InChI=1S/C16H28O/c1-2-4-6-8-11-15-13-10-14-16(17-15)12-9-7-5-3-1/h6,8,15-16H,1-5,7,9-14H2. The molecule has 0 spiro atoms. The minimum absolute atomic E-state index is 0.521. The van der Waals surface area contributed by atoms with E-state index in [1.54, 1.807) is 0 Å². The fourth-order valence-corrected chi connectivity index (χ4v) is 3.07. The van der Waals surface area contributed by atoms with Crippen LogP contribution in [0.15, 0.2) is 12.2 Å². The van der Waals surface area contributed by atoms with Crippen LogP contribution in [0.2, 0.25) is 0 Å². The lowest BCUT2D eigenvalue weighted by atomic mass is 9.97. The largest absolute Gasteiger partial charge is 0.375 e. The summed E-state index contributed by atoms with van der Waals surface area (Å²) in [5.41, 5.74) is 0. The van der Waals surface area contributed by atoms with Crippen molar-refractivity contribution in [1.82, 2.24) is 0 Å². The highest BCUT2D eigenvalue weighted by molar-refractivity contribution is 4.86. The van der Waals surface area contributed by atoms with Crippen LogP contribution in [-0.4, -0.2) is 12.2 Å². The summed E-state index contributed by atoms with van der Waals surface area (Å²) in [7, 11) is 0. The Balaban J connectivity index is 1.80. The predicted octanol–water partition coefficient (Wildman–Crippen LogP) is 5.00. The predicted molar refractivity (Wildman–Crippen MR) is 73.2 cm³/mol. The lowest BCUT2D eigenvalue weighted by Crippen LogP contribution is -2.27. The quantitative estimate of drug-likeness (QED) is 0.537. The van der Waals surface area contributed by atoms with E-state index in [9.17, 15) is 0 Å². The van der Waals surface area contributed by atoms with Gasteiger partial charge in [-0.2, -0.15) is 0 Å². The van der Waals surface area contributed by atoms with Crippen molar-refractivity contribution in [2.75, 3.05) is 0 Å². The maximum Gasteiger partial charge on any atom is 0.0613 e. The van der Waals surface area contributed by atoms with E-state index < -0.39 is 0 Å². The van der Waals surface area contributed by atoms with Gasteiger partial charge in [0.05, 0.1) is 12.2 Å². The average molecular weight is 236 g/mol. The smallest absolute Gasteiger partial charge is 0.0613 e. The van der Waals surface area contributed by atoms with E-state index in [4.69, 9.17) is 4.74 Å². The molecule has 2 aliphatic rings. The zero-order valence-corrected chi connectivity index (χ0v) is 11.2. The molecule has 0 radical (unpaired) electrons. The van der Waals surface area contributed by atoms with Crippen LogP contribution in [-0.2, 0) is 4.74 Å². The molecule has 0 amide bonds. The molecule has 1 nitrogen and oxygen atoms in total. The highest BCUT2D eigenvalue weighted by Crippen LogP contribution is 2.25.